The van der Waals surface area contributed by atoms with Crippen LogP contribution in [0.1, 0.15) is 18.9 Å². The van der Waals surface area contributed by atoms with E-state index in [-0.39, 0.29) is 0 Å². The summed E-state index contributed by atoms with van der Waals surface area (Å²) < 4.78 is 0. The van der Waals surface area contributed by atoms with E-state index >= 15 is 0 Å². The molecule has 1 aromatic heterocycles. The predicted octanol–water partition coefficient (Wildman–Crippen LogP) is 3.59. The van der Waals surface area contributed by atoms with E-state index < -0.39 is 0 Å². The third-order valence-electron chi connectivity index (χ3n) is 2.97. The summed E-state index contributed by atoms with van der Waals surface area (Å²) in [5.74, 6) is 1.72. The van der Waals surface area contributed by atoms with Gasteiger partial charge in [-0.15, -0.1) is 0 Å². The van der Waals surface area contributed by atoms with Gasteiger partial charge in [0.25, 0.3) is 0 Å². The summed E-state index contributed by atoms with van der Waals surface area (Å²) in [4.78, 5) is 10.6. The van der Waals surface area contributed by atoms with E-state index in [0.717, 1.165) is 35.2 Å². The van der Waals surface area contributed by atoms with Gasteiger partial charge >= 0.3 is 0 Å². The van der Waals surface area contributed by atoms with Gasteiger partial charge in [0.05, 0.1) is 0 Å². The number of anilines is 2. The minimum absolute atomic E-state index is 0.712. The maximum absolute atomic E-state index is 6.18. The van der Waals surface area contributed by atoms with Crippen molar-refractivity contribution in [3.05, 3.63) is 47.2 Å². The second kappa shape index (κ2) is 7.10. The summed E-state index contributed by atoms with van der Waals surface area (Å²) in [6.07, 6.45) is 2.64. The molecule has 0 bridgehead atoms. The Kier molecular flexibility index (Phi) is 5.18. The Labute approximate surface area is 124 Å². The van der Waals surface area contributed by atoms with Crippen LogP contribution in [0.2, 0.25) is 5.02 Å². The van der Waals surface area contributed by atoms with E-state index in [1.807, 2.05) is 37.4 Å². The molecular weight excluding hydrogens is 272 g/mol. The highest BCUT2D eigenvalue weighted by atomic mass is 35.5. The first-order valence-electron chi connectivity index (χ1n) is 6.71. The van der Waals surface area contributed by atoms with E-state index in [1.165, 1.54) is 0 Å². The van der Waals surface area contributed by atoms with Gasteiger partial charge in [-0.2, -0.15) is 0 Å². The van der Waals surface area contributed by atoms with Crippen molar-refractivity contribution in [1.29, 1.82) is 0 Å². The molecule has 0 amide bonds. The topological polar surface area (TPSA) is 41.0 Å². The van der Waals surface area contributed by atoms with Gasteiger partial charge in [0.15, 0.2) is 0 Å². The second-order valence-corrected chi connectivity index (χ2v) is 5.04. The number of nitrogens with zero attached hydrogens (tertiary/aromatic N) is 3. The highest BCUT2D eigenvalue weighted by Crippen LogP contribution is 2.20. The molecular formula is C15H19ClN4. The molecule has 20 heavy (non-hydrogen) atoms. The van der Waals surface area contributed by atoms with Crippen molar-refractivity contribution in [2.75, 3.05) is 23.8 Å². The molecule has 106 valence electrons. The Bertz CT molecular complexity index is 559. The molecule has 0 saturated heterocycles. The fraction of sp³-hybridized carbons (Fsp3) is 0.333. The first-order chi connectivity index (χ1) is 9.70. The van der Waals surface area contributed by atoms with Crippen LogP contribution in [0.5, 0.6) is 0 Å². The lowest BCUT2D eigenvalue weighted by molar-refractivity contribution is 0.888. The molecule has 2 aromatic rings. The van der Waals surface area contributed by atoms with Crippen LogP contribution < -0.4 is 10.2 Å². The number of hydrogen-bond donors (Lipinski definition) is 1. The number of hydrogen-bond acceptors (Lipinski definition) is 4. The predicted molar refractivity (Wildman–Crippen MR) is 84.4 cm³/mol. The van der Waals surface area contributed by atoms with Crippen molar-refractivity contribution in [3.8, 4) is 0 Å². The van der Waals surface area contributed by atoms with Crippen LogP contribution >= 0.6 is 11.6 Å². The first-order valence-corrected chi connectivity index (χ1v) is 7.09. The number of benzene rings is 1. The van der Waals surface area contributed by atoms with Crippen molar-refractivity contribution >= 4 is 23.2 Å². The lowest BCUT2D eigenvalue weighted by atomic mass is 10.2. The minimum Gasteiger partial charge on any atom is -0.370 e. The number of nitrogens with one attached hydrogen (secondary N) is 1. The van der Waals surface area contributed by atoms with Gasteiger partial charge in [0, 0.05) is 31.2 Å². The summed E-state index contributed by atoms with van der Waals surface area (Å²) in [5, 5.41) is 4.04. The molecule has 1 heterocycles. The molecule has 0 fully saturated rings. The van der Waals surface area contributed by atoms with Crippen LogP contribution in [0.4, 0.5) is 11.6 Å². The van der Waals surface area contributed by atoms with Crippen LogP contribution in [-0.4, -0.2) is 23.6 Å². The zero-order valence-electron chi connectivity index (χ0n) is 11.8. The van der Waals surface area contributed by atoms with Crippen LogP contribution in [0.15, 0.2) is 36.7 Å². The Morgan fingerprint density at radius 1 is 1.25 bits per heavy atom. The molecule has 1 aromatic carbocycles. The third-order valence-corrected chi connectivity index (χ3v) is 3.33. The van der Waals surface area contributed by atoms with Crippen LogP contribution in [0, 0.1) is 0 Å². The molecule has 0 radical (unpaired) electrons. The van der Waals surface area contributed by atoms with E-state index in [9.17, 15) is 0 Å². The van der Waals surface area contributed by atoms with Gasteiger partial charge in [-0.05, 0) is 18.1 Å². The number of halogens is 1. The normalized spacial score (nSPS) is 10.3. The number of aromatic nitrogens is 2. The summed E-state index contributed by atoms with van der Waals surface area (Å²) in [5.41, 5.74) is 1.08. The van der Waals surface area contributed by atoms with Crippen LogP contribution in [-0.2, 0) is 6.54 Å². The highest BCUT2D eigenvalue weighted by molar-refractivity contribution is 6.31. The Balaban J connectivity index is 2.09. The van der Waals surface area contributed by atoms with Crippen molar-refractivity contribution < 1.29 is 0 Å². The lowest BCUT2D eigenvalue weighted by Crippen LogP contribution is -2.18. The van der Waals surface area contributed by atoms with E-state index in [4.69, 9.17) is 11.6 Å². The Morgan fingerprint density at radius 2 is 2.05 bits per heavy atom. The zero-order valence-corrected chi connectivity index (χ0v) is 12.6. The fourth-order valence-electron chi connectivity index (χ4n) is 1.87. The second-order valence-electron chi connectivity index (χ2n) is 4.64. The first kappa shape index (κ1) is 14.6. The monoisotopic (exact) mass is 290 g/mol. The highest BCUT2D eigenvalue weighted by Gasteiger charge is 2.07. The fourth-order valence-corrected chi connectivity index (χ4v) is 2.06. The summed E-state index contributed by atoms with van der Waals surface area (Å²) in [7, 11) is 2.00. The van der Waals surface area contributed by atoms with Crippen molar-refractivity contribution in [2.45, 2.75) is 19.9 Å². The summed E-state index contributed by atoms with van der Waals surface area (Å²) >= 11 is 6.18. The van der Waals surface area contributed by atoms with Crippen LogP contribution in [0.25, 0.3) is 0 Å². The van der Waals surface area contributed by atoms with Crippen molar-refractivity contribution in [3.63, 3.8) is 0 Å². The smallest absolute Gasteiger partial charge is 0.134 e. The molecule has 0 aliphatic heterocycles. The van der Waals surface area contributed by atoms with Crippen molar-refractivity contribution in [2.24, 2.45) is 0 Å². The van der Waals surface area contributed by atoms with Gasteiger partial charge < -0.3 is 10.2 Å². The maximum Gasteiger partial charge on any atom is 0.134 e. The molecule has 5 heteroatoms. The quantitative estimate of drug-likeness (QED) is 0.883. The number of rotatable bonds is 6. The molecule has 0 saturated carbocycles. The largest absolute Gasteiger partial charge is 0.370 e. The van der Waals surface area contributed by atoms with Crippen LogP contribution in [0.3, 0.4) is 0 Å². The van der Waals surface area contributed by atoms with E-state index in [2.05, 4.69) is 27.1 Å². The average molecular weight is 291 g/mol. The Hall–Kier alpha value is -1.81. The molecule has 0 aliphatic carbocycles. The molecule has 0 spiro atoms. The maximum atomic E-state index is 6.18. The Morgan fingerprint density at radius 3 is 2.80 bits per heavy atom. The average Bonchev–Trinajstić information content (AvgIpc) is 2.48. The standard InChI is InChI=1S/C15H19ClN4/c1-3-8-17-14-9-15(19-11-18-14)20(2)10-12-6-4-5-7-13(12)16/h4-7,9,11H,3,8,10H2,1-2H3,(H,17,18,19). The van der Waals surface area contributed by atoms with E-state index in [1.54, 1.807) is 6.33 Å². The van der Waals surface area contributed by atoms with Gasteiger partial charge in [0.2, 0.25) is 0 Å². The minimum atomic E-state index is 0.712. The van der Waals surface area contributed by atoms with Gasteiger partial charge in [0.1, 0.15) is 18.0 Å². The molecule has 0 unspecified atom stereocenters. The summed E-state index contributed by atoms with van der Waals surface area (Å²) in [6, 6.07) is 9.80. The van der Waals surface area contributed by atoms with Gasteiger partial charge in [-0.3, -0.25) is 0 Å². The third kappa shape index (κ3) is 3.84. The van der Waals surface area contributed by atoms with Gasteiger partial charge in [-0.1, -0.05) is 36.7 Å². The molecule has 1 N–H and O–H groups in total. The molecule has 0 atom stereocenters. The van der Waals surface area contributed by atoms with Crippen molar-refractivity contribution in [1.82, 2.24) is 9.97 Å². The zero-order chi connectivity index (χ0) is 14.4. The molecule has 4 nitrogen and oxygen atoms in total. The van der Waals surface area contributed by atoms with Gasteiger partial charge in [-0.25, -0.2) is 9.97 Å². The van der Waals surface area contributed by atoms with E-state index in [0.29, 0.717) is 6.54 Å². The SMILES string of the molecule is CCCNc1cc(N(C)Cc2ccccc2Cl)ncn1. The molecule has 0 aliphatic rings. The lowest BCUT2D eigenvalue weighted by Gasteiger charge is -2.19. The molecule has 2 rings (SSSR count). The summed E-state index contributed by atoms with van der Waals surface area (Å²) in [6.45, 7) is 3.74.